The van der Waals surface area contributed by atoms with Gasteiger partial charge >= 0.3 is 6.03 Å². The Morgan fingerprint density at radius 3 is 2.61 bits per heavy atom. The molecular weight excluding hydrogens is 404 g/mol. The number of carbonyl (C=O) groups excluding carboxylic acids is 1. The van der Waals surface area contributed by atoms with Gasteiger partial charge in [-0.1, -0.05) is 19.9 Å². The van der Waals surface area contributed by atoms with Gasteiger partial charge in [0.25, 0.3) is 0 Å². The quantitative estimate of drug-likeness (QED) is 0.512. The van der Waals surface area contributed by atoms with Crippen molar-refractivity contribution in [3.63, 3.8) is 0 Å². The van der Waals surface area contributed by atoms with Crippen LogP contribution in [0.3, 0.4) is 0 Å². The Hall–Kier alpha value is -2.57. The lowest BCUT2D eigenvalue weighted by molar-refractivity contribution is 0.247. The van der Waals surface area contributed by atoms with Crippen molar-refractivity contribution in [3.05, 3.63) is 69.9 Å². The molecule has 2 aromatic heterocycles. The summed E-state index contributed by atoms with van der Waals surface area (Å²) in [6, 6.07) is 9.95. The van der Waals surface area contributed by atoms with Crippen molar-refractivity contribution in [3.8, 4) is 5.00 Å². The minimum absolute atomic E-state index is 0.0304. The summed E-state index contributed by atoms with van der Waals surface area (Å²) >= 11 is 1.87. The normalized spacial score (nSPS) is 14.8. The number of thiophene rings is 1. The Kier molecular flexibility index (Phi) is 6.49. The van der Waals surface area contributed by atoms with E-state index in [2.05, 4.69) is 72.3 Å². The highest BCUT2D eigenvalue weighted by Gasteiger charge is 2.29. The number of nitrogens with zero attached hydrogens (tertiary/aromatic N) is 2. The summed E-state index contributed by atoms with van der Waals surface area (Å²) in [4.78, 5) is 16.8. The van der Waals surface area contributed by atoms with E-state index in [1.54, 1.807) is 0 Å². The van der Waals surface area contributed by atoms with E-state index in [4.69, 9.17) is 0 Å². The van der Waals surface area contributed by atoms with Crippen molar-refractivity contribution in [1.29, 1.82) is 0 Å². The molecule has 0 unspecified atom stereocenters. The highest BCUT2D eigenvalue weighted by atomic mass is 32.1. The number of hydrogen-bond donors (Lipinski definition) is 2. The smallest absolute Gasteiger partial charge is 0.319 e. The summed E-state index contributed by atoms with van der Waals surface area (Å²) in [5, 5.41) is 7.51. The molecule has 6 heteroatoms. The molecule has 1 aliphatic rings. The fourth-order valence-electron chi connectivity index (χ4n) is 4.28. The van der Waals surface area contributed by atoms with E-state index >= 15 is 0 Å². The van der Waals surface area contributed by atoms with Crippen LogP contribution in [-0.4, -0.2) is 28.6 Å². The number of rotatable bonds is 6. The Labute approximate surface area is 189 Å². The highest BCUT2D eigenvalue weighted by molar-refractivity contribution is 7.15. The second-order valence-corrected chi connectivity index (χ2v) is 9.37. The predicted octanol–water partition coefficient (Wildman–Crippen LogP) is 5.81. The Morgan fingerprint density at radius 2 is 1.94 bits per heavy atom. The van der Waals surface area contributed by atoms with Crippen molar-refractivity contribution in [2.45, 2.75) is 53.1 Å². The van der Waals surface area contributed by atoms with Crippen LogP contribution in [0.15, 0.2) is 42.7 Å². The number of aryl methyl sites for hydroxylation is 2. The van der Waals surface area contributed by atoms with E-state index in [-0.39, 0.29) is 12.1 Å². The van der Waals surface area contributed by atoms with E-state index in [1.807, 2.05) is 29.5 Å². The molecule has 0 radical (unpaired) electrons. The van der Waals surface area contributed by atoms with Crippen LogP contribution < -0.4 is 10.6 Å². The molecule has 0 bridgehead atoms. The molecule has 31 heavy (non-hydrogen) atoms. The fraction of sp³-hybridized carbons (Fsp3) is 0.400. The van der Waals surface area contributed by atoms with Crippen molar-refractivity contribution < 1.29 is 4.79 Å². The lowest BCUT2D eigenvalue weighted by atomic mass is 9.96. The molecule has 0 spiro atoms. The monoisotopic (exact) mass is 436 g/mol. The number of urea groups is 1. The number of fused-ring (bicyclic) bond motifs is 1. The maximum Gasteiger partial charge on any atom is 0.319 e. The lowest BCUT2D eigenvalue weighted by Crippen LogP contribution is -2.34. The van der Waals surface area contributed by atoms with Crippen LogP contribution in [0.4, 0.5) is 10.5 Å². The zero-order valence-corrected chi connectivity index (χ0v) is 19.7. The van der Waals surface area contributed by atoms with Crippen LogP contribution in [0, 0.1) is 13.8 Å². The topological polar surface area (TPSA) is 49.3 Å². The first-order valence-electron chi connectivity index (χ1n) is 11.1. The molecule has 4 rings (SSSR count). The average molecular weight is 437 g/mol. The van der Waals surface area contributed by atoms with E-state index in [0.29, 0.717) is 0 Å². The van der Waals surface area contributed by atoms with Gasteiger partial charge in [0.2, 0.25) is 0 Å². The van der Waals surface area contributed by atoms with Gasteiger partial charge in [-0.2, -0.15) is 0 Å². The Bertz CT molecular complexity index is 1050. The number of amides is 2. The summed E-state index contributed by atoms with van der Waals surface area (Å²) in [5.74, 6) is 0. The standard InChI is InChI=1S/C25H32N4OS/c1-5-21(27-25(30)26-19-10-9-17(3)18(4)15-19)23-20-11-14-28(6-2)16-22(20)31-24(23)29-12-7-8-13-29/h7-10,12-13,15,21H,5-6,11,14,16H2,1-4H3,(H2,26,27,30)/t21-/m0/s1. The van der Waals surface area contributed by atoms with Crippen molar-refractivity contribution >= 4 is 23.1 Å². The molecule has 1 aromatic carbocycles. The zero-order chi connectivity index (χ0) is 22.0. The van der Waals surface area contributed by atoms with Crippen LogP contribution in [0.2, 0.25) is 0 Å². The molecule has 0 saturated carbocycles. The van der Waals surface area contributed by atoms with E-state index in [9.17, 15) is 4.79 Å². The third-order valence-corrected chi connectivity index (χ3v) is 7.52. The van der Waals surface area contributed by atoms with Gasteiger partial charge in [0.1, 0.15) is 5.00 Å². The number of nitrogens with one attached hydrogen (secondary N) is 2. The van der Waals surface area contributed by atoms with E-state index in [0.717, 1.165) is 38.2 Å². The summed E-state index contributed by atoms with van der Waals surface area (Å²) in [6.45, 7) is 11.6. The largest absolute Gasteiger partial charge is 0.331 e. The molecule has 164 valence electrons. The lowest BCUT2D eigenvalue weighted by Gasteiger charge is -2.27. The predicted molar refractivity (Wildman–Crippen MR) is 129 cm³/mol. The molecule has 0 saturated heterocycles. The molecule has 3 aromatic rings. The molecular formula is C25H32N4OS. The fourth-order valence-corrected chi connectivity index (χ4v) is 5.70. The molecule has 1 aliphatic heterocycles. The number of anilines is 1. The minimum Gasteiger partial charge on any atom is -0.331 e. The molecule has 5 nitrogen and oxygen atoms in total. The van der Waals surface area contributed by atoms with Gasteiger partial charge in [0.15, 0.2) is 0 Å². The van der Waals surface area contributed by atoms with Gasteiger partial charge in [0.05, 0.1) is 6.04 Å². The van der Waals surface area contributed by atoms with Crippen LogP contribution in [0.25, 0.3) is 5.00 Å². The van der Waals surface area contributed by atoms with Crippen LogP contribution >= 0.6 is 11.3 Å². The number of carbonyl (C=O) groups is 1. The van der Waals surface area contributed by atoms with Crippen molar-refractivity contribution in [2.24, 2.45) is 0 Å². The number of likely N-dealkylation sites (N-methyl/N-ethyl adjacent to an activating group) is 1. The molecule has 0 aliphatic carbocycles. The van der Waals surface area contributed by atoms with Gasteiger partial charge < -0.3 is 15.2 Å². The third kappa shape index (κ3) is 4.55. The zero-order valence-electron chi connectivity index (χ0n) is 18.9. The summed E-state index contributed by atoms with van der Waals surface area (Å²) in [7, 11) is 0. The van der Waals surface area contributed by atoms with E-state index in [1.165, 1.54) is 32.1 Å². The van der Waals surface area contributed by atoms with Gasteiger partial charge in [-0.3, -0.25) is 4.90 Å². The third-order valence-electron chi connectivity index (χ3n) is 6.27. The van der Waals surface area contributed by atoms with Crippen LogP contribution in [0.1, 0.15) is 53.4 Å². The molecule has 1 atom stereocenters. The minimum atomic E-state index is -0.153. The highest BCUT2D eigenvalue weighted by Crippen LogP contribution is 2.40. The van der Waals surface area contributed by atoms with Crippen LogP contribution in [-0.2, 0) is 13.0 Å². The number of aromatic nitrogens is 1. The molecule has 2 N–H and O–H groups in total. The molecule has 3 heterocycles. The molecule has 2 amide bonds. The van der Waals surface area contributed by atoms with Gasteiger partial charge in [0, 0.05) is 41.6 Å². The van der Waals surface area contributed by atoms with Crippen molar-refractivity contribution in [1.82, 2.24) is 14.8 Å². The van der Waals surface area contributed by atoms with Gasteiger partial charge in [-0.15, -0.1) is 11.3 Å². The van der Waals surface area contributed by atoms with Gasteiger partial charge in [-0.05, 0) is 74.2 Å². The first-order chi connectivity index (χ1) is 15.0. The maximum atomic E-state index is 12.9. The first kappa shape index (κ1) is 21.7. The van der Waals surface area contributed by atoms with E-state index < -0.39 is 0 Å². The SMILES string of the molecule is CC[C@H](NC(=O)Nc1ccc(C)c(C)c1)c1c(-n2cccc2)sc2c1CCN(CC)C2. The summed E-state index contributed by atoms with van der Waals surface area (Å²) in [5.41, 5.74) is 5.93. The number of hydrogen-bond acceptors (Lipinski definition) is 3. The maximum absolute atomic E-state index is 12.9. The number of benzene rings is 1. The Balaban J connectivity index is 1.62. The Morgan fingerprint density at radius 1 is 1.16 bits per heavy atom. The molecule has 0 fully saturated rings. The average Bonchev–Trinajstić information content (AvgIpc) is 3.42. The summed E-state index contributed by atoms with van der Waals surface area (Å²) < 4.78 is 2.19. The second-order valence-electron chi connectivity index (χ2n) is 8.29. The van der Waals surface area contributed by atoms with Gasteiger partial charge in [-0.25, -0.2) is 4.79 Å². The first-order valence-corrected chi connectivity index (χ1v) is 12.0. The second kappa shape index (κ2) is 9.28. The summed E-state index contributed by atoms with van der Waals surface area (Å²) in [6.07, 6.45) is 6.07. The van der Waals surface area contributed by atoms with Crippen LogP contribution in [0.5, 0.6) is 0 Å². The van der Waals surface area contributed by atoms with Crippen molar-refractivity contribution in [2.75, 3.05) is 18.4 Å².